The standard InChI is InChI=1S/C25H36O6/c1-3-4-5-8-19(27)10-11-20-21-12-17-7-6-9-23(30-15-25(28)29)22(17)13-18(21)14-24(20)31-16(2)26/h6-7,9,18-21,24,27H,3-5,8,10-15H2,1-2H3,(H,28,29). The molecule has 3 rings (SSSR count). The maximum Gasteiger partial charge on any atom is 0.341 e. The van der Waals surface area contributed by atoms with Crippen molar-refractivity contribution in [3.63, 3.8) is 0 Å². The number of rotatable bonds is 11. The van der Waals surface area contributed by atoms with E-state index in [9.17, 15) is 14.7 Å². The number of ether oxygens (including phenoxy) is 2. The number of carbonyl (C=O) groups excluding carboxylic acids is 1. The van der Waals surface area contributed by atoms with Crippen molar-refractivity contribution in [1.82, 2.24) is 0 Å². The minimum absolute atomic E-state index is 0.118. The van der Waals surface area contributed by atoms with Gasteiger partial charge >= 0.3 is 11.9 Å². The molecular weight excluding hydrogens is 396 g/mol. The lowest BCUT2D eigenvalue weighted by molar-refractivity contribution is -0.148. The minimum Gasteiger partial charge on any atom is -0.482 e. The second-order valence-corrected chi connectivity index (χ2v) is 9.18. The summed E-state index contributed by atoms with van der Waals surface area (Å²) in [6.45, 7) is 3.28. The highest BCUT2D eigenvalue weighted by Gasteiger charge is 2.47. The van der Waals surface area contributed by atoms with Crippen molar-refractivity contribution in [3.05, 3.63) is 29.3 Å². The van der Waals surface area contributed by atoms with Crippen LogP contribution >= 0.6 is 0 Å². The number of unbranched alkanes of at least 4 members (excludes halogenated alkanes) is 2. The largest absolute Gasteiger partial charge is 0.482 e. The van der Waals surface area contributed by atoms with Gasteiger partial charge in [0.2, 0.25) is 0 Å². The number of hydrogen-bond acceptors (Lipinski definition) is 5. The Morgan fingerprint density at radius 1 is 1.19 bits per heavy atom. The van der Waals surface area contributed by atoms with Gasteiger partial charge in [0.25, 0.3) is 0 Å². The smallest absolute Gasteiger partial charge is 0.341 e. The zero-order valence-corrected chi connectivity index (χ0v) is 18.7. The number of fused-ring (bicyclic) bond motifs is 2. The molecule has 2 aliphatic rings. The predicted octanol–water partition coefficient (Wildman–Crippen LogP) is 4.15. The lowest BCUT2D eigenvalue weighted by Gasteiger charge is -2.32. The Labute approximate surface area is 184 Å². The molecule has 0 aliphatic heterocycles. The molecule has 0 saturated heterocycles. The summed E-state index contributed by atoms with van der Waals surface area (Å²) in [7, 11) is 0. The fourth-order valence-electron chi connectivity index (χ4n) is 5.56. The average molecular weight is 433 g/mol. The van der Waals surface area contributed by atoms with Gasteiger partial charge in [-0.25, -0.2) is 4.79 Å². The summed E-state index contributed by atoms with van der Waals surface area (Å²) >= 11 is 0. The number of carbonyl (C=O) groups is 2. The van der Waals surface area contributed by atoms with E-state index in [1.54, 1.807) is 0 Å². The summed E-state index contributed by atoms with van der Waals surface area (Å²) < 4.78 is 11.3. The third kappa shape index (κ3) is 6.22. The van der Waals surface area contributed by atoms with Crippen molar-refractivity contribution in [2.75, 3.05) is 6.61 Å². The van der Waals surface area contributed by atoms with Crippen LogP contribution in [0.1, 0.15) is 69.9 Å². The number of benzene rings is 1. The molecule has 0 heterocycles. The highest BCUT2D eigenvalue weighted by Crippen LogP contribution is 2.49. The highest BCUT2D eigenvalue weighted by atomic mass is 16.5. The number of aliphatic carboxylic acids is 1. The first-order valence-corrected chi connectivity index (χ1v) is 11.7. The molecule has 0 spiro atoms. The quantitative estimate of drug-likeness (QED) is 0.403. The van der Waals surface area contributed by atoms with Crippen LogP contribution in [-0.4, -0.2) is 41.0 Å². The molecule has 0 radical (unpaired) electrons. The van der Waals surface area contributed by atoms with Gasteiger partial charge in [-0.1, -0.05) is 38.3 Å². The Kier molecular flexibility index (Phi) is 8.35. The fraction of sp³-hybridized carbons (Fsp3) is 0.680. The lowest BCUT2D eigenvalue weighted by atomic mass is 9.73. The van der Waals surface area contributed by atoms with Crippen molar-refractivity contribution >= 4 is 11.9 Å². The topological polar surface area (TPSA) is 93.1 Å². The molecule has 6 nitrogen and oxygen atoms in total. The first-order chi connectivity index (χ1) is 14.9. The van der Waals surface area contributed by atoms with Crippen LogP contribution in [0.5, 0.6) is 5.75 Å². The normalized spacial score (nSPS) is 25.4. The van der Waals surface area contributed by atoms with Gasteiger partial charge in [0.15, 0.2) is 6.61 Å². The second kappa shape index (κ2) is 11.0. The van der Waals surface area contributed by atoms with E-state index in [0.29, 0.717) is 17.6 Å². The third-order valence-corrected chi connectivity index (χ3v) is 6.96. The predicted molar refractivity (Wildman–Crippen MR) is 117 cm³/mol. The number of carboxylic acid groups (broad SMARTS) is 1. The zero-order valence-electron chi connectivity index (χ0n) is 18.7. The minimum atomic E-state index is -0.986. The number of aliphatic hydroxyl groups is 1. The van der Waals surface area contributed by atoms with E-state index in [2.05, 4.69) is 13.0 Å². The van der Waals surface area contributed by atoms with Gasteiger partial charge in [-0.2, -0.15) is 0 Å². The summed E-state index contributed by atoms with van der Waals surface area (Å²) in [6.07, 6.45) is 7.85. The van der Waals surface area contributed by atoms with Crippen molar-refractivity contribution in [2.45, 2.75) is 83.8 Å². The number of aliphatic hydroxyl groups excluding tert-OH is 1. The summed E-state index contributed by atoms with van der Waals surface area (Å²) in [6, 6.07) is 5.85. The Balaban J connectivity index is 1.71. The molecular formula is C25H36O6. The van der Waals surface area contributed by atoms with Crippen LogP contribution in [0.4, 0.5) is 0 Å². The van der Waals surface area contributed by atoms with Gasteiger partial charge in [-0.3, -0.25) is 4.79 Å². The fourth-order valence-corrected chi connectivity index (χ4v) is 5.56. The van der Waals surface area contributed by atoms with E-state index < -0.39 is 5.97 Å². The molecule has 5 unspecified atom stereocenters. The van der Waals surface area contributed by atoms with Gasteiger partial charge in [0, 0.05) is 6.92 Å². The van der Waals surface area contributed by atoms with Crippen molar-refractivity contribution in [3.8, 4) is 5.75 Å². The Morgan fingerprint density at radius 3 is 2.71 bits per heavy atom. The van der Waals surface area contributed by atoms with Gasteiger partial charge in [-0.05, 0) is 73.5 Å². The van der Waals surface area contributed by atoms with E-state index in [1.807, 2.05) is 12.1 Å². The van der Waals surface area contributed by atoms with E-state index in [1.165, 1.54) is 12.5 Å². The van der Waals surface area contributed by atoms with Crippen LogP contribution in [0.25, 0.3) is 0 Å². The maximum atomic E-state index is 11.7. The highest BCUT2D eigenvalue weighted by molar-refractivity contribution is 5.68. The van der Waals surface area contributed by atoms with Crippen LogP contribution < -0.4 is 4.74 Å². The summed E-state index contributed by atoms with van der Waals surface area (Å²) in [4.78, 5) is 22.7. The second-order valence-electron chi connectivity index (χ2n) is 9.18. The van der Waals surface area contributed by atoms with Crippen LogP contribution in [0.2, 0.25) is 0 Å². The van der Waals surface area contributed by atoms with Gasteiger partial charge < -0.3 is 19.7 Å². The average Bonchev–Trinajstić information content (AvgIpc) is 3.04. The summed E-state index contributed by atoms with van der Waals surface area (Å²) in [5.74, 6) is 0.423. The summed E-state index contributed by atoms with van der Waals surface area (Å²) in [5.41, 5.74) is 2.29. The SMILES string of the molecule is CCCCCC(O)CCC1C(OC(C)=O)CC2Cc3c(cccc3OCC(=O)O)CC21. The van der Waals surface area contributed by atoms with Crippen molar-refractivity contribution in [1.29, 1.82) is 0 Å². The molecule has 172 valence electrons. The Hall–Kier alpha value is -2.08. The molecule has 1 saturated carbocycles. The lowest BCUT2D eigenvalue weighted by Crippen LogP contribution is -2.29. The molecule has 1 aromatic rings. The summed E-state index contributed by atoms with van der Waals surface area (Å²) in [5, 5.41) is 19.4. The van der Waals surface area contributed by atoms with Gasteiger partial charge in [-0.15, -0.1) is 0 Å². The monoisotopic (exact) mass is 432 g/mol. The molecule has 6 heteroatoms. The molecule has 0 bridgehead atoms. The van der Waals surface area contributed by atoms with E-state index >= 15 is 0 Å². The molecule has 0 amide bonds. The molecule has 2 aliphatic carbocycles. The maximum absolute atomic E-state index is 11.7. The number of carboxylic acids is 1. The van der Waals surface area contributed by atoms with E-state index in [0.717, 1.165) is 63.4 Å². The molecule has 31 heavy (non-hydrogen) atoms. The van der Waals surface area contributed by atoms with Gasteiger partial charge in [0.05, 0.1) is 6.10 Å². The van der Waals surface area contributed by atoms with Crippen molar-refractivity contribution < 1.29 is 29.3 Å². The molecule has 2 N–H and O–H groups in total. The molecule has 0 aromatic heterocycles. The molecule has 1 fully saturated rings. The van der Waals surface area contributed by atoms with Crippen LogP contribution in [0, 0.1) is 17.8 Å². The third-order valence-electron chi connectivity index (χ3n) is 6.96. The molecule has 1 aromatic carbocycles. The van der Waals surface area contributed by atoms with Crippen LogP contribution in [-0.2, 0) is 27.2 Å². The van der Waals surface area contributed by atoms with Crippen molar-refractivity contribution in [2.24, 2.45) is 17.8 Å². The zero-order chi connectivity index (χ0) is 22.4. The first-order valence-electron chi connectivity index (χ1n) is 11.7. The Morgan fingerprint density at radius 2 is 2.00 bits per heavy atom. The Bertz CT molecular complexity index is 760. The van der Waals surface area contributed by atoms with E-state index in [4.69, 9.17) is 14.6 Å². The first kappa shape index (κ1) is 23.6. The number of hydrogen-bond donors (Lipinski definition) is 2. The van der Waals surface area contributed by atoms with Crippen LogP contribution in [0.15, 0.2) is 18.2 Å². The van der Waals surface area contributed by atoms with Crippen LogP contribution in [0.3, 0.4) is 0 Å². The molecule has 5 atom stereocenters. The van der Waals surface area contributed by atoms with E-state index in [-0.39, 0.29) is 30.7 Å². The van der Waals surface area contributed by atoms with Gasteiger partial charge in [0.1, 0.15) is 11.9 Å². The number of esters is 1.